The van der Waals surface area contributed by atoms with E-state index in [2.05, 4.69) is 25.9 Å². The molecule has 0 aliphatic heterocycles. The molecule has 0 amide bonds. The molecule has 1 heterocycles. The smallest absolute Gasteiger partial charge is 0.163 e. The van der Waals surface area contributed by atoms with Crippen LogP contribution in [0.2, 0.25) is 0 Å². The Hall–Kier alpha value is -1.80. The molecule has 2 aromatic rings. The zero-order valence-corrected chi connectivity index (χ0v) is 11.4. The van der Waals surface area contributed by atoms with E-state index in [0.29, 0.717) is 10.2 Å². The van der Waals surface area contributed by atoms with Gasteiger partial charge in [-0.2, -0.15) is 5.26 Å². The molecular formula is C13H9BrFN3. The summed E-state index contributed by atoms with van der Waals surface area (Å²) in [6.07, 6.45) is 0. The maximum absolute atomic E-state index is 13.8. The fourth-order valence-electron chi connectivity index (χ4n) is 1.53. The van der Waals surface area contributed by atoms with Crippen LogP contribution in [0.5, 0.6) is 0 Å². The number of hydrogen-bond donors (Lipinski definition) is 0. The van der Waals surface area contributed by atoms with Crippen LogP contribution < -0.4 is 0 Å². The number of hydrogen-bond acceptors (Lipinski definition) is 3. The highest BCUT2D eigenvalue weighted by molar-refractivity contribution is 9.10. The fraction of sp³-hybridized carbons (Fsp3) is 0.154. The van der Waals surface area contributed by atoms with Crippen molar-refractivity contribution in [2.75, 3.05) is 0 Å². The third-order valence-corrected chi connectivity index (χ3v) is 3.16. The Morgan fingerprint density at radius 1 is 1.28 bits per heavy atom. The normalized spacial score (nSPS) is 10.2. The summed E-state index contributed by atoms with van der Waals surface area (Å²) in [6.45, 7) is 3.55. The van der Waals surface area contributed by atoms with E-state index in [9.17, 15) is 4.39 Å². The van der Waals surface area contributed by atoms with Crippen molar-refractivity contribution in [3.05, 3.63) is 45.4 Å². The quantitative estimate of drug-likeness (QED) is 0.810. The molecule has 90 valence electrons. The maximum Gasteiger partial charge on any atom is 0.163 e. The second-order valence-corrected chi connectivity index (χ2v) is 4.76. The van der Waals surface area contributed by atoms with Crippen LogP contribution in [0.25, 0.3) is 11.4 Å². The van der Waals surface area contributed by atoms with Crippen molar-refractivity contribution in [2.45, 2.75) is 13.8 Å². The Balaban J connectivity index is 2.65. The predicted molar refractivity (Wildman–Crippen MR) is 69.3 cm³/mol. The minimum Gasteiger partial charge on any atom is -0.233 e. The standard InChI is InChI=1S/C13H9BrFN3/c1-7-8(2)17-13(18-12(7)6-16)10-4-3-9(14)5-11(10)15/h3-5H,1-2H3. The fourth-order valence-corrected chi connectivity index (χ4v) is 1.86. The van der Waals surface area contributed by atoms with Crippen molar-refractivity contribution in [3.63, 3.8) is 0 Å². The third-order valence-electron chi connectivity index (χ3n) is 2.67. The summed E-state index contributed by atoms with van der Waals surface area (Å²) in [5.41, 5.74) is 1.97. The molecule has 2 rings (SSSR count). The van der Waals surface area contributed by atoms with Gasteiger partial charge in [0.2, 0.25) is 0 Å². The largest absolute Gasteiger partial charge is 0.233 e. The van der Waals surface area contributed by atoms with Gasteiger partial charge in [0.15, 0.2) is 5.82 Å². The highest BCUT2D eigenvalue weighted by Gasteiger charge is 2.12. The van der Waals surface area contributed by atoms with Crippen molar-refractivity contribution < 1.29 is 4.39 Å². The Bertz CT molecular complexity index is 662. The lowest BCUT2D eigenvalue weighted by Crippen LogP contribution is -2.01. The van der Waals surface area contributed by atoms with Crippen LogP contribution in [-0.2, 0) is 0 Å². The van der Waals surface area contributed by atoms with Gasteiger partial charge in [0.25, 0.3) is 0 Å². The molecular weight excluding hydrogens is 297 g/mol. The van der Waals surface area contributed by atoms with Crippen LogP contribution in [-0.4, -0.2) is 9.97 Å². The first-order valence-electron chi connectivity index (χ1n) is 5.23. The topological polar surface area (TPSA) is 49.6 Å². The first-order valence-corrected chi connectivity index (χ1v) is 6.03. The van der Waals surface area contributed by atoms with E-state index in [1.165, 1.54) is 6.07 Å². The zero-order valence-electron chi connectivity index (χ0n) is 9.83. The monoisotopic (exact) mass is 305 g/mol. The van der Waals surface area contributed by atoms with Crippen molar-refractivity contribution in [3.8, 4) is 17.5 Å². The first kappa shape index (κ1) is 12.7. The number of nitrogens with zero attached hydrogens (tertiary/aromatic N) is 3. The van der Waals surface area contributed by atoms with E-state index in [1.807, 2.05) is 6.07 Å². The second-order valence-electron chi connectivity index (χ2n) is 3.84. The van der Waals surface area contributed by atoms with Gasteiger partial charge < -0.3 is 0 Å². The van der Waals surface area contributed by atoms with Crippen molar-refractivity contribution >= 4 is 15.9 Å². The van der Waals surface area contributed by atoms with Gasteiger partial charge >= 0.3 is 0 Å². The van der Waals surface area contributed by atoms with Crippen LogP contribution in [0.1, 0.15) is 17.0 Å². The third kappa shape index (κ3) is 2.24. The highest BCUT2D eigenvalue weighted by atomic mass is 79.9. The molecule has 3 nitrogen and oxygen atoms in total. The Labute approximate surface area is 112 Å². The van der Waals surface area contributed by atoms with E-state index in [4.69, 9.17) is 5.26 Å². The molecule has 0 atom stereocenters. The molecule has 1 aromatic carbocycles. The number of nitriles is 1. The van der Waals surface area contributed by atoms with Crippen molar-refractivity contribution in [2.24, 2.45) is 0 Å². The predicted octanol–water partition coefficient (Wildman–Crippen LogP) is 3.53. The summed E-state index contributed by atoms with van der Waals surface area (Å²) in [5, 5.41) is 8.99. The van der Waals surface area contributed by atoms with Crippen molar-refractivity contribution in [1.82, 2.24) is 9.97 Å². The lowest BCUT2D eigenvalue weighted by molar-refractivity contribution is 0.629. The lowest BCUT2D eigenvalue weighted by atomic mass is 10.1. The molecule has 0 aliphatic carbocycles. The molecule has 0 bridgehead atoms. The minimum atomic E-state index is -0.420. The second kappa shape index (κ2) is 4.83. The molecule has 5 heteroatoms. The molecule has 0 saturated carbocycles. The van der Waals surface area contributed by atoms with Gasteiger partial charge in [0, 0.05) is 15.7 Å². The first-order chi connectivity index (χ1) is 8.52. The van der Waals surface area contributed by atoms with Crippen LogP contribution >= 0.6 is 15.9 Å². The zero-order chi connectivity index (χ0) is 13.3. The van der Waals surface area contributed by atoms with E-state index in [-0.39, 0.29) is 17.1 Å². The van der Waals surface area contributed by atoms with Crippen LogP contribution in [0.3, 0.4) is 0 Å². The molecule has 0 radical (unpaired) electrons. The molecule has 0 saturated heterocycles. The number of benzene rings is 1. The Kier molecular flexibility index (Phi) is 3.39. The average molecular weight is 306 g/mol. The molecule has 0 unspecified atom stereocenters. The van der Waals surface area contributed by atoms with Gasteiger partial charge in [-0.05, 0) is 32.0 Å². The molecule has 0 spiro atoms. The van der Waals surface area contributed by atoms with E-state index < -0.39 is 5.82 Å². The highest BCUT2D eigenvalue weighted by Crippen LogP contribution is 2.24. The van der Waals surface area contributed by atoms with Gasteiger partial charge in [-0.1, -0.05) is 15.9 Å². The summed E-state index contributed by atoms with van der Waals surface area (Å²) in [6, 6.07) is 6.64. The minimum absolute atomic E-state index is 0.236. The summed E-state index contributed by atoms with van der Waals surface area (Å²) in [7, 11) is 0. The van der Waals surface area contributed by atoms with E-state index >= 15 is 0 Å². The lowest BCUT2D eigenvalue weighted by Gasteiger charge is -2.06. The summed E-state index contributed by atoms with van der Waals surface area (Å²) >= 11 is 3.19. The molecule has 1 aromatic heterocycles. The van der Waals surface area contributed by atoms with E-state index in [1.54, 1.807) is 26.0 Å². The Morgan fingerprint density at radius 3 is 2.61 bits per heavy atom. The molecule has 0 N–H and O–H groups in total. The van der Waals surface area contributed by atoms with Crippen molar-refractivity contribution in [1.29, 1.82) is 5.26 Å². The van der Waals surface area contributed by atoms with Crippen LogP contribution in [0.4, 0.5) is 4.39 Å². The number of rotatable bonds is 1. The van der Waals surface area contributed by atoms with Crippen LogP contribution in [0, 0.1) is 31.0 Å². The summed E-state index contributed by atoms with van der Waals surface area (Å²) < 4.78 is 14.5. The SMILES string of the molecule is Cc1nc(-c2ccc(Br)cc2F)nc(C#N)c1C. The van der Waals surface area contributed by atoms with Gasteiger partial charge in [0.05, 0.1) is 5.56 Å². The summed E-state index contributed by atoms with van der Waals surface area (Å²) in [4.78, 5) is 8.31. The average Bonchev–Trinajstić information content (AvgIpc) is 2.32. The van der Waals surface area contributed by atoms with E-state index in [0.717, 1.165) is 5.56 Å². The summed E-state index contributed by atoms with van der Waals surface area (Å²) in [5.74, 6) is -0.184. The number of aryl methyl sites for hydroxylation is 1. The van der Waals surface area contributed by atoms with Crippen LogP contribution in [0.15, 0.2) is 22.7 Å². The molecule has 0 aliphatic rings. The molecule has 0 fully saturated rings. The number of aromatic nitrogens is 2. The Morgan fingerprint density at radius 2 is 2.00 bits per heavy atom. The van der Waals surface area contributed by atoms with Gasteiger partial charge in [-0.15, -0.1) is 0 Å². The maximum atomic E-state index is 13.8. The van der Waals surface area contributed by atoms with Gasteiger partial charge in [-0.3, -0.25) is 0 Å². The van der Waals surface area contributed by atoms with Gasteiger partial charge in [0.1, 0.15) is 17.6 Å². The molecule has 18 heavy (non-hydrogen) atoms. The van der Waals surface area contributed by atoms with Gasteiger partial charge in [-0.25, -0.2) is 14.4 Å². The number of halogens is 2.